The maximum Gasteiger partial charge on any atom is 0.0441 e. The van der Waals surface area contributed by atoms with Crippen molar-refractivity contribution >= 4 is 5.69 Å². The Bertz CT molecular complexity index is 416. The van der Waals surface area contributed by atoms with Crippen LogP contribution in [0.25, 0.3) is 0 Å². The summed E-state index contributed by atoms with van der Waals surface area (Å²) in [5, 5.41) is 6.91. The molecule has 0 heterocycles. The minimum atomic E-state index is 0.0491. The molecule has 0 bridgehead atoms. The monoisotopic (exact) mass is 262 g/mol. The Balaban J connectivity index is 3.11. The Morgan fingerprint density at radius 3 is 1.79 bits per heavy atom. The number of benzene rings is 1. The molecule has 2 N–H and O–H groups in total. The summed E-state index contributed by atoms with van der Waals surface area (Å²) in [5.74, 6) is 0. The maximum atomic E-state index is 3.67. The molecule has 2 nitrogen and oxygen atoms in total. The normalized spacial score (nSPS) is 12.6. The molecule has 0 radical (unpaired) electrons. The van der Waals surface area contributed by atoms with Crippen molar-refractivity contribution in [3.8, 4) is 0 Å². The summed E-state index contributed by atoms with van der Waals surface area (Å²) >= 11 is 0. The molecule has 0 aliphatic carbocycles. The zero-order valence-corrected chi connectivity index (χ0v) is 13.9. The summed E-state index contributed by atoms with van der Waals surface area (Å²) in [6.45, 7) is 16.6. The Morgan fingerprint density at radius 2 is 1.42 bits per heavy atom. The van der Waals surface area contributed by atoms with Crippen LogP contribution >= 0.6 is 0 Å². The number of aryl methyl sites for hydroxylation is 2. The molecule has 1 aromatic rings. The first-order chi connectivity index (χ1) is 8.57. The zero-order chi connectivity index (χ0) is 14.8. The van der Waals surface area contributed by atoms with E-state index in [0.29, 0.717) is 0 Å². The number of anilines is 1. The summed E-state index contributed by atoms with van der Waals surface area (Å²) in [4.78, 5) is 0. The molecule has 0 aromatic heterocycles. The van der Waals surface area contributed by atoms with E-state index in [9.17, 15) is 0 Å². The van der Waals surface area contributed by atoms with Crippen molar-refractivity contribution in [3.05, 3.63) is 28.8 Å². The fraction of sp³-hybridized carbons (Fsp3) is 0.647. The van der Waals surface area contributed by atoms with E-state index in [1.165, 1.54) is 22.4 Å². The summed E-state index contributed by atoms with van der Waals surface area (Å²) < 4.78 is 0. The first-order valence-electron chi connectivity index (χ1n) is 7.11. The molecule has 1 rings (SSSR count). The highest BCUT2D eigenvalue weighted by Gasteiger charge is 2.20. The van der Waals surface area contributed by atoms with Crippen LogP contribution < -0.4 is 10.6 Å². The number of hydrogen-bond donors (Lipinski definition) is 2. The van der Waals surface area contributed by atoms with Gasteiger partial charge >= 0.3 is 0 Å². The number of rotatable bonds is 4. The topological polar surface area (TPSA) is 24.1 Å². The van der Waals surface area contributed by atoms with Crippen LogP contribution in [0.5, 0.6) is 0 Å². The molecular formula is C17H30N2. The van der Waals surface area contributed by atoms with Crippen molar-refractivity contribution in [1.29, 1.82) is 0 Å². The lowest BCUT2D eigenvalue weighted by Crippen LogP contribution is -2.41. The van der Waals surface area contributed by atoms with Gasteiger partial charge in [0, 0.05) is 17.8 Å². The van der Waals surface area contributed by atoms with E-state index in [4.69, 9.17) is 0 Å². The fourth-order valence-electron chi connectivity index (χ4n) is 2.42. The van der Waals surface area contributed by atoms with E-state index in [1.807, 2.05) is 7.05 Å². The molecule has 0 unspecified atom stereocenters. The zero-order valence-electron chi connectivity index (χ0n) is 13.9. The minimum absolute atomic E-state index is 0.0491. The highest BCUT2D eigenvalue weighted by Crippen LogP contribution is 2.30. The van der Waals surface area contributed by atoms with Crippen molar-refractivity contribution < 1.29 is 0 Å². The van der Waals surface area contributed by atoms with Gasteiger partial charge in [-0.25, -0.2) is 0 Å². The Hall–Kier alpha value is -1.02. The Kier molecular flexibility index (Phi) is 4.67. The molecular weight excluding hydrogens is 232 g/mol. The average Bonchev–Trinajstić information content (AvgIpc) is 2.21. The van der Waals surface area contributed by atoms with Gasteiger partial charge in [0.25, 0.3) is 0 Å². The van der Waals surface area contributed by atoms with Crippen LogP contribution in [0, 0.1) is 13.8 Å². The SMILES string of the molecule is CNCC(C)(C)Nc1c(C)cc(C(C)(C)C)cc1C. The van der Waals surface area contributed by atoms with E-state index in [0.717, 1.165) is 6.54 Å². The molecule has 0 spiro atoms. The van der Waals surface area contributed by atoms with Gasteiger partial charge in [-0.3, -0.25) is 0 Å². The van der Waals surface area contributed by atoms with Crippen LogP contribution in [0.4, 0.5) is 5.69 Å². The minimum Gasteiger partial charge on any atom is -0.378 e. The number of hydrogen-bond acceptors (Lipinski definition) is 2. The standard InChI is InChI=1S/C17H30N2/c1-12-9-14(16(3,4)5)10-13(2)15(12)19-17(6,7)11-18-8/h9-10,18-19H,11H2,1-8H3. The van der Waals surface area contributed by atoms with Gasteiger partial charge in [0.05, 0.1) is 0 Å². The first-order valence-corrected chi connectivity index (χ1v) is 7.11. The molecule has 0 aliphatic heterocycles. The predicted molar refractivity (Wildman–Crippen MR) is 86.2 cm³/mol. The van der Waals surface area contributed by atoms with Crippen molar-refractivity contribution in [2.45, 2.75) is 59.4 Å². The molecule has 0 saturated carbocycles. The quantitative estimate of drug-likeness (QED) is 0.856. The lowest BCUT2D eigenvalue weighted by atomic mass is 9.84. The highest BCUT2D eigenvalue weighted by molar-refractivity contribution is 5.60. The maximum absolute atomic E-state index is 3.67. The second kappa shape index (κ2) is 5.54. The lowest BCUT2D eigenvalue weighted by Gasteiger charge is -2.30. The third-order valence-corrected chi connectivity index (χ3v) is 3.48. The van der Waals surface area contributed by atoms with Gasteiger partial charge in [-0.05, 0) is 56.8 Å². The summed E-state index contributed by atoms with van der Waals surface area (Å²) in [5.41, 5.74) is 5.58. The molecule has 0 atom stereocenters. The largest absolute Gasteiger partial charge is 0.378 e. The Labute approximate surface area is 119 Å². The number of likely N-dealkylation sites (N-methyl/N-ethyl adjacent to an activating group) is 1. The van der Waals surface area contributed by atoms with Crippen LogP contribution in [0.15, 0.2) is 12.1 Å². The van der Waals surface area contributed by atoms with Crippen LogP contribution in [0.1, 0.15) is 51.3 Å². The molecule has 0 amide bonds. The molecule has 0 aliphatic rings. The van der Waals surface area contributed by atoms with Gasteiger partial charge in [-0.1, -0.05) is 32.9 Å². The summed E-state index contributed by atoms with van der Waals surface area (Å²) in [6, 6.07) is 4.62. The van der Waals surface area contributed by atoms with Crippen LogP contribution in [0.3, 0.4) is 0 Å². The molecule has 1 aromatic carbocycles. The van der Waals surface area contributed by atoms with E-state index >= 15 is 0 Å². The molecule has 2 heteroatoms. The summed E-state index contributed by atoms with van der Waals surface area (Å²) in [6.07, 6.45) is 0. The third-order valence-electron chi connectivity index (χ3n) is 3.48. The predicted octanol–water partition coefficient (Wildman–Crippen LogP) is 4.01. The van der Waals surface area contributed by atoms with Gasteiger partial charge in [-0.2, -0.15) is 0 Å². The van der Waals surface area contributed by atoms with Crippen molar-refractivity contribution in [2.24, 2.45) is 0 Å². The second-order valence-electron chi connectivity index (χ2n) is 7.27. The van der Waals surface area contributed by atoms with Crippen LogP contribution in [-0.2, 0) is 5.41 Å². The van der Waals surface area contributed by atoms with Crippen LogP contribution in [0.2, 0.25) is 0 Å². The van der Waals surface area contributed by atoms with E-state index < -0.39 is 0 Å². The second-order valence-corrected chi connectivity index (χ2v) is 7.27. The van der Waals surface area contributed by atoms with Gasteiger partial charge < -0.3 is 10.6 Å². The van der Waals surface area contributed by atoms with E-state index in [1.54, 1.807) is 0 Å². The van der Waals surface area contributed by atoms with Crippen molar-refractivity contribution in [3.63, 3.8) is 0 Å². The molecule has 19 heavy (non-hydrogen) atoms. The van der Waals surface area contributed by atoms with Gasteiger partial charge in [0.15, 0.2) is 0 Å². The van der Waals surface area contributed by atoms with Gasteiger partial charge in [0.2, 0.25) is 0 Å². The van der Waals surface area contributed by atoms with E-state index in [-0.39, 0.29) is 11.0 Å². The Morgan fingerprint density at radius 1 is 0.947 bits per heavy atom. The third kappa shape index (κ3) is 4.24. The van der Waals surface area contributed by atoms with Crippen molar-refractivity contribution in [1.82, 2.24) is 5.32 Å². The van der Waals surface area contributed by atoms with Crippen LogP contribution in [-0.4, -0.2) is 19.1 Å². The molecule has 0 fully saturated rings. The summed E-state index contributed by atoms with van der Waals surface area (Å²) in [7, 11) is 1.99. The highest BCUT2D eigenvalue weighted by atomic mass is 15.0. The fourth-order valence-corrected chi connectivity index (χ4v) is 2.42. The average molecular weight is 262 g/mol. The van der Waals surface area contributed by atoms with Gasteiger partial charge in [-0.15, -0.1) is 0 Å². The molecule has 0 saturated heterocycles. The molecule has 108 valence electrons. The van der Waals surface area contributed by atoms with Gasteiger partial charge in [0.1, 0.15) is 0 Å². The van der Waals surface area contributed by atoms with E-state index in [2.05, 4.69) is 71.2 Å². The lowest BCUT2D eigenvalue weighted by molar-refractivity contribution is 0.529. The first kappa shape index (κ1) is 16.0. The smallest absolute Gasteiger partial charge is 0.0441 e. The number of nitrogens with one attached hydrogen (secondary N) is 2. The van der Waals surface area contributed by atoms with Crippen molar-refractivity contribution in [2.75, 3.05) is 18.9 Å².